The molecule has 0 saturated carbocycles. The second-order valence-corrected chi connectivity index (χ2v) is 4.29. The lowest BCUT2D eigenvalue weighted by Crippen LogP contribution is -2.57. The lowest BCUT2D eigenvalue weighted by atomic mass is 9.90. The van der Waals surface area contributed by atoms with E-state index in [9.17, 15) is 14.7 Å². The second kappa shape index (κ2) is 6.56. The van der Waals surface area contributed by atoms with Gasteiger partial charge in [0.25, 0.3) is 0 Å². The van der Waals surface area contributed by atoms with Gasteiger partial charge in [0.2, 0.25) is 5.91 Å². The first kappa shape index (κ1) is 13.9. The topological polar surface area (TPSA) is 102 Å². The summed E-state index contributed by atoms with van der Waals surface area (Å²) < 4.78 is 5.12. The molecule has 0 aliphatic carbocycles. The summed E-state index contributed by atoms with van der Waals surface area (Å²) in [4.78, 5) is 22.9. The number of carboxylic acids is 1. The number of unbranched alkanes of at least 4 members (excludes halogenated alkanes) is 1. The van der Waals surface area contributed by atoms with Gasteiger partial charge in [-0.3, -0.25) is 4.79 Å². The van der Waals surface area contributed by atoms with Crippen molar-refractivity contribution in [3.63, 3.8) is 0 Å². The normalized spacial score (nSPS) is 18.6. The maximum Gasteiger partial charge on any atom is 0.329 e. The molecule has 1 saturated heterocycles. The maximum absolute atomic E-state index is 11.6. The molecule has 1 amide bonds. The van der Waals surface area contributed by atoms with Crippen molar-refractivity contribution < 1.29 is 19.4 Å². The van der Waals surface area contributed by atoms with Crippen LogP contribution >= 0.6 is 0 Å². The number of nitrogens with two attached hydrogens (primary N) is 1. The molecule has 0 aromatic heterocycles. The van der Waals surface area contributed by atoms with Gasteiger partial charge in [0, 0.05) is 32.5 Å². The first-order valence-electron chi connectivity index (χ1n) is 5.93. The van der Waals surface area contributed by atoms with E-state index in [2.05, 4.69) is 5.32 Å². The summed E-state index contributed by atoms with van der Waals surface area (Å²) in [5.74, 6) is -1.20. The van der Waals surface area contributed by atoms with Crippen molar-refractivity contribution in [1.29, 1.82) is 0 Å². The number of amides is 1. The molecule has 1 aliphatic rings. The van der Waals surface area contributed by atoms with Crippen molar-refractivity contribution in [3.05, 3.63) is 0 Å². The highest BCUT2D eigenvalue weighted by Gasteiger charge is 2.41. The summed E-state index contributed by atoms with van der Waals surface area (Å²) in [6.07, 6.45) is 2.44. The van der Waals surface area contributed by atoms with Crippen LogP contribution in [0.3, 0.4) is 0 Å². The standard InChI is InChI=1S/C11H20N2O4/c12-6-2-1-3-9(14)13-11(10(15)16)4-7-17-8-5-11/h1-8,12H2,(H,13,14)(H,15,16). The third kappa shape index (κ3) is 3.98. The molecule has 1 aliphatic heterocycles. The van der Waals surface area contributed by atoms with Crippen LogP contribution in [0.4, 0.5) is 0 Å². The molecule has 1 fully saturated rings. The summed E-state index contributed by atoms with van der Waals surface area (Å²) in [7, 11) is 0. The van der Waals surface area contributed by atoms with Crippen LogP contribution in [0.2, 0.25) is 0 Å². The zero-order valence-corrected chi connectivity index (χ0v) is 9.91. The van der Waals surface area contributed by atoms with Crippen molar-refractivity contribution in [3.8, 4) is 0 Å². The molecule has 6 heteroatoms. The molecule has 0 unspecified atom stereocenters. The SMILES string of the molecule is NCCCCC(=O)NC1(C(=O)O)CCOCC1. The molecule has 17 heavy (non-hydrogen) atoms. The van der Waals surface area contributed by atoms with Crippen LogP contribution in [0, 0.1) is 0 Å². The van der Waals surface area contributed by atoms with Gasteiger partial charge in [-0.1, -0.05) is 0 Å². The zero-order chi connectivity index (χ0) is 12.7. The van der Waals surface area contributed by atoms with Gasteiger partial charge < -0.3 is 20.9 Å². The minimum atomic E-state index is -1.14. The number of carbonyl (C=O) groups excluding carboxylic acids is 1. The average Bonchev–Trinajstić information content (AvgIpc) is 2.30. The number of ether oxygens (including phenoxy) is 1. The molecule has 4 N–H and O–H groups in total. The van der Waals surface area contributed by atoms with Gasteiger partial charge >= 0.3 is 5.97 Å². The van der Waals surface area contributed by atoms with E-state index in [1.54, 1.807) is 0 Å². The fourth-order valence-electron chi connectivity index (χ4n) is 1.87. The van der Waals surface area contributed by atoms with Gasteiger partial charge in [0.15, 0.2) is 0 Å². The van der Waals surface area contributed by atoms with Crippen molar-refractivity contribution in [2.45, 2.75) is 37.6 Å². The molecule has 0 aromatic rings. The number of hydrogen-bond acceptors (Lipinski definition) is 4. The smallest absolute Gasteiger partial charge is 0.329 e. The Morgan fingerprint density at radius 2 is 1.94 bits per heavy atom. The third-order valence-electron chi connectivity index (χ3n) is 2.99. The monoisotopic (exact) mass is 244 g/mol. The lowest BCUT2D eigenvalue weighted by molar-refractivity contribution is -0.152. The molecular formula is C11H20N2O4. The summed E-state index contributed by atoms with van der Waals surface area (Å²) in [5, 5.41) is 11.9. The fourth-order valence-corrected chi connectivity index (χ4v) is 1.87. The number of carboxylic acid groups (broad SMARTS) is 1. The van der Waals surface area contributed by atoms with Crippen LogP contribution < -0.4 is 11.1 Å². The van der Waals surface area contributed by atoms with Crippen LogP contribution in [0.15, 0.2) is 0 Å². The van der Waals surface area contributed by atoms with Crippen molar-refractivity contribution >= 4 is 11.9 Å². The van der Waals surface area contributed by atoms with E-state index < -0.39 is 11.5 Å². The van der Waals surface area contributed by atoms with E-state index in [0.717, 1.165) is 6.42 Å². The quantitative estimate of drug-likeness (QED) is 0.565. The third-order valence-corrected chi connectivity index (χ3v) is 2.99. The highest BCUT2D eigenvalue weighted by atomic mass is 16.5. The van der Waals surface area contributed by atoms with Gasteiger partial charge in [-0.15, -0.1) is 0 Å². The minimum absolute atomic E-state index is 0.220. The van der Waals surface area contributed by atoms with Gasteiger partial charge in [0.1, 0.15) is 5.54 Å². The number of nitrogens with one attached hydrogen (secondary N) is 1. The Kier molecular flexibility index (Phi) is 5.37. The van der Waals surface area contributed by atoms with E-state index in [-0.39, 0.29) is 5.91 Å². The molecule has 98 valence electrons. The Balaban J connectivity index is 2.48. The average molecular weight is 244 g/mol. The first-order chi connectivity index (χ1) is 8.10. The summed E-state index contributed by atoms with van der Waals surface area (Å²) in [6, 6.07) is 0. The second-order valence-electron chi connectivity index (χ2n) is 4.29. The number of rotatable bonds is 6. The first-order valence-corrected chi connectivity index (χ1v) is 5.93. The van der Waals surface area contributed by atoms with E-state index in [4.69, 9.17) is 10.5 Å². The van der Waals surface area contributed by atoms with Crippen molar-refractivity contribution in [1.82, 2.24) is 5.32 Å². The molecule has 0 spiro atoms. The van der Waals surface area contributed by atoms with Crippen LogP contribution in [-0.2, 0) is 14.3 Å². The Morgan fingerprint density at radius 1 is 1.29 bits per heavy atom. The molecule has 0 bridgehead atoms. The summed E-state index contributed by atoms with van der Waals surface area (Å²) >= 11 is 0. The molecular weight excluding hydrogens is 224 g/mol. The number of aliphatic carboxylic acids is 1. The molecule has 1 rings (SSSR count). The van der Waals surface area contributed by atoms with Gasteiger partial charge in [-0.05, 0) is 19.4 Å². The Bertz CT molecular complexity index is 275. The Morgan fingerprint density at radius 3 is 2.47 bits per heavy atom. The predicted molar refractivity (Wildman–Crippen MR) is 61.5 cm³/mol. The Hall–Kier alpha value is -1.14. The lowest BCUT2D eigenvalue weighted by Gasteiger charge is -2.33. The minimum Gasteiger partial charge on any atom is -0.480 e. The predicted octanol–water partition coefficient (Wildman–Crippen LogP) is -0.135. The number of hydrogen-bond donors (Lipinski definition) is 3. The highest BCUT2D eigenvalue weighted by Crippen LogP contribution is 2.21. The van der Waals surface area contributed by atoms with Gasteiger partial charge in [0.05, 0.1) is 0 Å². The van der Waals surface area contributed by atoms with Gasteiger partial charge in [-0.25, -0.2) is 4.79 Å². The van der Waals surface area contributed by atoms with Crippen LogP contribution in [0.5, 0.6) is 0 Å². The Labute approximate surface area is 101 Å². The van der Waals surface area contributed by atoms with Crippen LogP contribution in [0.1, 0.15) is 32.1 Å². The molecule has 6 nitrogen and oxygen atoms in total. The van der Waals surface area contributed by atoms with Gasteiger partial charge in [-0.2, -0.15) is 0 Å². The summed E-state index contributed by atoms with van der Waals surface area (Å²) in [6.45, 7) is 1.29. The molecule has 0 aromatic carbocycles. The number of carbonyl (C=O) groups is 2. The van der Waals surface area contributed by atoms with E-state index >= 15 is 0 Å². The molecule has 1 heterocycles. The molecule has 0 radical (unpaired) electrons. The van der Waals surface area contributed by atoms with E-state index in [1.165, 1.54) is 0 Å². The van der Waals surface area contributed by atoms with Crippen molar-refractivity contribution in [2.24, 2.45) is 5.73 Å². The van der Waals surface area contributed by atoms with E-state index in [1.807, 2.05) is 0 Å². The van der Waals surface area contributed by atoms with E-state index in [0.29, 0.717) is 45.4 Å². The highest BCUT2D eigenvalue weighted by molar-refractivity contribution is 5.87. The fraction of sp³-hybridized carbons (Fsp3) is 0.818. The van der Waals surface area contributed by atoms with Crippen LogP contribution in [0.25, 0.3) is 0 Å². The zero-order valence-electron chi connectivity index (χ0n) is 9.91. The maximum atomic E-state index is 11.6. The largest absolute Gasteiger partial charge is 0.480 e. The van der Waals surface area contributed by atoms with Crippen LogP contribution in [-0.4, -0.2) is 42.3 Å². The van der Waals surface area contributed by atoms with Crippen molar-refractivity contribution in [2.75, 3.05) is 19.8 Å². The molecule has 0 atom stereocenters. The summed E-state index contributed by atoms with van der Waals surface area (Å²) in [5.41, 5.74) is 4.19.